The van der Waals surface area contributed by atoms with Crippen LogP contribution in [-0.2, 0) is 9.53 Å². The Balaban J connectivity index is 1.83. The van der Waals surface area contributed by atoms with Crippen molar-refractivity contribution in [1.82, 2.24) is 25.1 Å². The fourth-order valence-corrected chi connectivity index (χ4v) is 3.46. The van der Waals surface area contributed by atoms with Crippen LogP contribution in [0.3, 0.4) is 0 Å². The van der Waals surface area contributed by atoms with Gasteiger partial charge in [0.1, 0.15) is 23.3 Å². The highest BCUT2D eigenvalue weighted by Gasteiger charge is 2.31. The summed E-state index contributed by atoms with van der Waals surface area (Å²) in [5.41, 5.74) is 0.841. The Morgan fingerprint density at radius 3 is 2.96 bits per heavy atom. The SMILES string of the molecule is COCC(=O)N1CCC[C@@H]1c1cc(Nc2nnc(C)s2)nc(C)n1. The Bertz CT molecular complexity index is 735. The highest BCUT2D eigenvalue weighted by molar-refractivity contribution is 7.15. The average molecular weight is 348 g/mol. The number of nitrogens with one attached hydrogen (secondary N) is 1. The number of hydrogen-bond donors (Lipinski definition) is 1. The molecule has 1 amide bonds. The number of hydrogen-bond acceptors (Lipinski definition) is 8. The molecule has 0 saturated carbocycles. The zero-order valence-corrected chi connectivity index (χ0v) is 14.8. The Morgan fingerprint density at radius 2 is 2.25 bits per heavy atom. The molecule has 2 aromatic rings. The Hall–Kier alpha value is -2.13. The molecular weight excluding hydrogens is 328 g/mol. The maximum Gasteiger partial charge on any atom is 0.249 e. The van der Waals surface area contributed by atoms with Crippen molar-refractivity contribution in [3.05, 3.63) is 22.6 Å². The number of nitrogens with zero attached hydrogens (tertiary/aromatic N) is 5. The van der Waals surface area contributed by atoms with Crippen LogP contribution in [0.1, 0.15) is 35.4 Å². The molecule has 1 atom stereocenters. The Labute approximate surface area is 144 Å². The van der Waals surface area contributed by atoms with Crippen LogP contribution in [-0.4, -0.2) is 51.2 Å². The zero-order chi connectivity index (χ0) is 17.1. The van der Waals surface area contributed by atoms with Crippen LogP contribution >= 0.6 is 11.3 Å². The van der Waals surface area contributed by atoms with Crippen LogP contribution in [0.4, 0.5) is 10.9 Å². The van der Waals surface area contributed by atoms with Crippen molar-refractivity contribution in [3.8, 4) is 0 Å². The van der Waals surface area contributed by atoms with Crippen molar-refractivity contribution < 1.29 is 9.53 Å². The molecule has 0 bridgehead atoms. The highest BCUT2D eigenvalue weighted by Crippen LogP contribution is 2.32. The fourth-order valence-electron chi connectivity index (χ4n) is 2.86. The molecule has 1 aliphatic rings. The summed E-state index contributed by atoms with van der Waals surface area (Å²) in [5.74, 6) is 1.31. The van der Waals surface area contributed by atoms with Gasteiger partial charge in [-0.15, -0.1) is 10.2 Å². The minimum atomic E-state index is -0.0361. The summed E-state index contributed by atoms with van der Waals surface area (Å²) >= 11 is 1.46. The second kappa shape index (κ2) is 7.18. The lowest BCUT2D eigenvalue weighted by Crippen LogP contribution is -2.33. The molecule has 3 rings (SSSR count). The topological polar surface area (TPSA) is 93.1 Å². The number of aromatic nitrogens is 4. The summed E-state index contributed by atoms with van der Waals surface area (Å²) < 4.78 is 4.98. The molecule has 9 heteroatoms. The van der Waals surface area contributed by atoms with Gasteiger partial charge in [-0.2, -0.15) is 0 Å². The van der Waals surface area contributed by atoms with E-state index in [-0.39, 0.29) is 18.6 Å². The summed E-state index contributed by atoms with van der Waals surface area (Å²) in [5, 5.41) is 12.8. The molecule has 8 nitrogen and oxygen atoms in total. The minimum absolute atomic E-state index is 0.00878. The molecule has 0 unspecified atom stereocenters. The van der Waals surface area contributed by atoms with Gasteiger partial charge in [0.05, 0.1) is 11.7 Å². The van der Waals surface area contributed by atoms with E-state index in [0.29, 0.717) is 16.8 Å². The molecule has 1 aliphatic heterocycles. The first kappa shape index (κ1) is 16.7. The Kier molecular flexibility index (Phi) is 5.00. The van der Waals surface area contributed by atoms with E-state index < -0.39 is 0 Å². The first-order chi connectivity index (χ1) is 11.6. The van der Waals surface area contributed by atoms with Crippen molar-refractivity contribution in [3.63, 3.8) is 0 Å². The first-order valence-corrected chi connectivity index (χ1v) is 8.59. The van der Waals surface area contributed by atoms with Gasteiger partial charge < -0.3 is 15.0 Å². The first-order valence-electron chi connectivity index (χ1n) is 7.78. The van der Waals surface area contributed by atoms with Crippen LogP contribution in [0.15, 0.2) is 6.07 Å². The maximum absolute atomic E-state index is 12.2. The summed E-state index contributed by atoms with van der Waals surface area (Å²) in [4.78, 5) is 23.0. The van der Waals surface area contributed by atoms with E-state index in [9.17, 15) is 4.79 Å². The third-order valence-electron chi connectivity index (χ3n) is 3.80. The second-order valence-electron chi connectivity index (χ2n) is 5.65. The molecule has 0 radical (unpaired) electrons. The number of amides is 1. The predicted octanol–water partition coefficient (Wildman–Crippen LogP) is 2.00. The van der Waals surface area contributed by atoms with Gasteiger partial charge in [-0.1, -0.05) is 11.3 Å². The third-order valence-corrected chi connectivity index (χ3v) is 4.56. The van der Waals surface area contributed by atoms with E-state index in [0.717, 1.165) is 30.1 Å². The number of rotatable bonds is 5. The van der Waals surface area contributed by atoms with Crippen molar-refractivity contribution in [2.24, 2.45) is 0 Å². The summed E-state index contributed by atoms with van der Waals surface area (Å²) in [6, 6.07) is 1.85. The van der Waals surface area contributed by atoms with E-state index in [1.165, 1.54) is 18.4 Å². The van der Waals surface area contributed by atoms with E-state index >= 15 is 0 Å². The van der Waals surface area contributed by atoms with Gasteiger partial charge in [0.15, 0.2) is 0 Å². The number of ether oxygens (including phenoxy) is 1. The molecule has 1 saturated heterocycles. The molecule has 0 spiro atoms. The van der Waals surface area contributed by atoms with E-state index in [1.54, 1.807) is 0 Å². The maximum atomic E-state index is 12.2. The van der Waals surface area contributed by atoms with Crippen LogP contribution in [0.25, 0.3) is 0 Å². The van der Waals surface area contributed by atoms with Gasteiger partial charge in [-0.25, -0.2) is 9.97 Å². The molecular formula is C15H20N6O2S. The Morgan fingerprint density at radius 1 is 1.42 bits per heavy atom. The number of aryl methyl sites for hydroxylation is 2. The van der Waals surface area contributed by atoms with Crippen molar-refractivity contribution in [2.45, 2.75) is 32.7 Å². The second-order valence-corrected chi connectivity index (χ2v) is 6.84. The van der Waals surface area contributed by atoms with Gasteiger partial charge >= 0.3 is 0 Å². The summed E-state index contributed by atoms with van der Waals surface area (Å²) in [7, 11) is 1.53. The van der Waals surface area contributed by atoms with Crippen molar-refractivity contribution in [1.29, 1.82) is 0 Å². The van der Waals surface area contributed by atoms with E-state index in [2.05, 4.69) is 25.5 Å². The summed E-state index contributed by atoms with van der Waals surface area (Å²) in [6.07, 6.45) is 1.85. The molecule has 1 fully saturated rings. The van der Waals surface area contributed by atoms with Gasteiger partial charge in [0.2, 0.25) is 11.0 Å². The quantitative estimate of drug-likeness (QED) is 0.883. The third kappa shape index (κ3) is 3.68. The number of carbonyl (C=O) groups excluding carboxylic acids is 1. The van der Waals surface area contributed by atoms with Gasteiger partial charge in [0.25, 0.3) is 0 Å². The number of likely N-dealkylation sites (tertiary alicyclic amines) is 1. The lowest BCUT2D eigenvalue weighted by atomic mass is 10.1. The van der Waals surface area contributed by atoms with Crippen LogP contribution < -0.4 is 5.32 Å². The van der Waals surface area contributed by atoms with E-state index in [4.69, 9.17) is 4.74 Å². The smallest absolute Gasteiger partial charge is 0.249 e. The zero-order valence-electron chi connectivity index (χ0n) is 13.9. The van der Waals surface area contributed by atoms with E-state index in [1.807, 2.05) is 24.8 Å². The standard InChI is InChI=1S/C15H20N6O2S/c1-9-16-11(12-5-4-6-21(12)14(22)8-23-3)7-13(17-9)18-15-20-19-10(2)24-15/h7,12H,4-6,8H2,1-3H3,(H,16,17,18,20)/t12-/m1/s1. The normalized spacial score (nSPS) is 17.3. The van der Waals surface area contributed by atoms with Gasteiger partial charge in [-0.05, 0) is 26.7 Å². The predicted molar refractivity (Wildman–Crippen MR) is 90.3 cm³/mol. The largest absolute Gasteiger partial charge is 0.375 e. The molecule has 24 heavy (non-hydrogen) atoms. The fraction of sp³-hybridized carbons (Fsp3) is 0.533. The monoisotopic (exact) mass is 348 g/mol. The van der Waals surface area contributed by atoms with Crippen LogP contribution in [0.5, 0.6) is 0 Å². The minimum Gasteiger partial charge on any atom is -0.375 e. The van der Waals surface area contributed by atoms with Crippen molar-refractivity contribution in [2.75, 3.05) is 25.6 Å². The highest BCUT2D eigenvalue weighted by atomic mass is 32.1. The number of methoxy groups -OCH3 is 1. The van der Waals surface area contributed by atoms with Crippen LogP contribution in [0.2, 0.25) is 0 Å². The van der Waals surface area contributed by atoms with Crippen molar-refractivity contribution >= 4 is 28.2 Å². The van der Waals surface area contributed by atoms with Crippen LogP contribution in [0, 0.1) is 13.8 Å². The molecule has 1 N–H and O–H groups in total. The molecule has 128 valence electrons. The summed E-state index contributed by atoms with van der Waals surface area (Å²) in [6.45, 7) is 4.57. The molecule has 0 aliphatic carbocycles. The molecule has 0 aromatic carbocycles. The molecule has 3 heterocycles. The molecule has 2 aromatic heterocycles. The number of anilines is 2. The number of carbonyl (C=O) groups is 1. The van der Waals surface area contributed by atoms with Gasteiger partial charge in [0, 0.05) is 19.7 Å². The lowest BCUT2D eigenvalue weighted by molar-refractivity contribution is -0.136. The average Bonchev–Trinajstić information content (AvgIpc) is 3.16. The van der Waals surface area contributed by atoms with Gasteiger partial charge in [-0.3, -0.25) is 4.79 Å². The lowest BCUT2D eigenvalue weighted by Gasteiger charge is -2.24.